The van der Waals surface area contributed by atoms with E-state index in [9.17, 15) is 0 Å². The predicted octanol–water partition coefficient (Wildman–Crippen LogP) is 4.66. The quantitative estimate of drug-likeness (QED) is 0.461. The molecule has 4 nitrogen and oxygen atoms in total. The lowest BCUT2D eigenvalue weighted by atomic mass is 10.1. The maximum Gasteiger partial charge on any atom is 0.187 e. The van der Waals surface area contributed by atoms with E-state index in [2.05, 4.69) is 32.8 Å². The predicted molar refractivity (Wildman–Crippen MR) is 105 cm³/mol. The molecular formula is C19H21N3OS2. The van der Waals surface area contributed by atoms with Crippen LogP contribution in [-0.4, -0.2) is 29.8 Å². The summed E-state index contributed by atoms with van der Waals surface area (Å²) in [6.07, 6.45) is 4.75. The minimum Gasteiger partial charge on any atom is -0.485 e. The van der Waals surface area contributed by atoms with Crippen LogP contribution in [0.15, 0.2) is 59.2 Å². The molecule has 0 bridgehead atoms. The first kappa shape index (κ1) is 17.9. The molecule has 3 rings (SSSR count). The van der Waals surface area contributed by atoms with Gasteiger partial charge >= 0.3 is 0 Å². The Labute approximate surface area is 156 Å². The van der Waals surface area contributed by atoms with Crippen LogP contribution in [0.1, 0.15) is 17.4 Å². The topological polar surface area (TPSA) is 47.0 Å². The molecular weight excluding hydrogens is 350 g/mol. The fourth-order valence-corrected chi connectivity index (χ4v) is 3.65. The molecule has 2 aromatic heterocycles. The summed E-state index contributed by atoms with van der Waals surface area (Å²) >= 11 is 3.27. The lowest BCUT2D eigenvalue weighted by Gasteiger charge is -2.18. The average molecular weight is 372 g/mol. The molecule has 2 heterocycles. The van der Waals surface area contributed by atoms with Gasteiger partial charge in [-0.1, -0.05) is 30.0 Å². The highest BCUT2D eigenvalue weighted by Gasteiger charge is 2.14. The molecule has 0 saturated heterocycles. The zero-order chi connectivity index (χ0) is 17.5. The SMILES string of the molecule is CNCCC(Oc1cccc(-c2ccnc(SC)n2)c1)c1cccs1. The number of nitrogens with zero attached hydrogens (tertiary/aromatic N) is 2. The Hall–Kier alpha value is -1.89. The molecule has 0 fully saturated rings. The van der Waals surface area contributed by atoms with Crippen LogP contribution in [0, 0.1) is 0 Å². The number of thioether (sulfide) groups is 1. The van der Waals surface area contributed by atoms with Gasteiger partial charge < -0.3 is 10.1 Å². The highest BCUT2D eigenvalue weighted by atomic mass is 32.2. The molecule has 1 aromatic carbocycles. The largest absolute Gasteiger partial charge is 0.485 e. The molecule has 0 aliphatic rings. The molecule has 0 aliphatic carbocycles. The number of benzene rings is 1. The van der Waals surface area contributed by atoms with Crippen molar-refractivity contribution in [2.45, 2.75) is 17.7 Å². The van der Waals surface area contributed by atoms with Gasteiger partial charge in [0.25, 0.3) is 0 Å². The minimum absolute atomic E-state index is 0.0508. The number of rotatable bonds is 8. The number of hydrogen-bond acceptors (Lipinski definition) is 6. The smallest absolute Gasteiger partial charge is 0.187 e. The van der Waals surface area contributed by atoms with Gasteiger partial charge in [0.05, 0.1) is 5.69 Å². The van der Waals surface area contributed by atoms with Gasteiger partial charge in [-0.3, -0.25) is 0 Å². The van der Waals surface area contributed by atoms with Crippen molar-refractivity contribution in [3.05, 3.63) is 58.9 Å². The van der Waals surface area contributed by atoms with Gasteiger partial charge in [-0.2, -0.15) is 0 Å². The number of aromatic nitrogens is 2. The zero-order valence-corrected chi connectivity index (χ0v) is 15.9. The Morgan fingerprint density at radius 3 is 2.92 bits per heavy atom. The number of ether oxygens (including phenoxy) is 1. The molecule has 0 saturated carbocycles. The molecule has 1 N–H and O–H groups in total. The van der Waals surface area contributed by atoms with Gasteiger partial charge in [0.15, 0.2) is 5.16 Å². The fourth-order valence-electron chi connectivity index (χ4n) is 2.50. The van der Waals surface area contributed by atoms with E-state index in [1.165, 1.54) is 4.88 Å². The van der Waals surface area contributed by atoms with Crippen molar-refractivity contribution in [3.63, 3.8) is 0 Å². The summed E-state index contributed by atoms with van der Waals surface area (Å²) < 4.78 is 6.30. The summed E-state index contributed by atoms with van der Waals surface area (Å²) in [5.41, 5.74) is 1.95. The lowest BCUT2D eigenvalue weighted by Crippen LogP contribution is -2.15. The third-order valence-corrected chi connectivity index (χ3v) is 5.27. The third kappa shape index (κ3) is 4.81. The van der Waals surface area contributed by atoms with Crippen molar-refractivity contribution in [2.75, 3.05) is 19.8 Å². The van der Waals surface area contributed by atoms with Crippen molar-refractivity contribution >= 4 is 23.1 Å². The van der Waals surface area contributed by atoms with E-state index in [1.54, 1.807) is 29.3 Å². The maximum absolute atomic E-state index is 6.30. The Kier molecular flexibility index (Phi) is 6.44. The van der Waals surface area contributed by atoms with Gasteiger partial charge in [-0.25, -0.2) is 9.97 Å². The first-order valence-electron chi connectivity index (χ1n) is 8.12. The van der Waals surface area contributed by atoms with Crippen LogP contribution in [-0.2, 0) is 0 Å². The second-order valence-electron chi connectivity index (χ2n) is 5.47. The number of hydrogen-bond donors (Lipinski definition) is 1. The van der Waals surface area contributed by atoms with Gasteiger partial charge in [0.1, 0.15) is 11.9 Å². The van der Waals surface area contributed by atoms with Gasteiger partial charge in [0, 0.05) is 23.1 Å². The van der Waals surface area contributed by atoms with Crippen LogP contribution in [0.25, 0.3) is 11.3 Å². The Morgan fingerprint density at radius 1 is 1.24 bits per heavy atom. The molecule has 0 amide bonds. The normalized spacial score (nSPS) is 12.1. The molecule has 1 atom stereocenters. The van der Waals surface area contributed by atoms with Crippen molar-refractivity contribution in [1.29, 1.82) is 0 Å². The molecule has 130 valence electrons. The number of nitrogens with one attached hydrogen (secondary N) is 1. The first-order valence-corrected chi connectivity index (χ1v) is 10.2. The van der Waals surface area contributed by atoms with E-state index in [0.717, 1.165) is 35.1 Å². The first-order chi connectivity index (χ1) is 12.3. The van der Waals surface area contributed by atoms with Gasteiger partial charge in [0.2, 0.25) is 0 Å². The summed E-state index contributed by atoms with van der Waals surface area (Å²) in [5.74, 6) is 0.858. The van der Waals surface area contributed by atoms with Crippen LogP contribution >= 0.6 is 23.1 Å². The minimum atomic E-state index is 0.0508. The Balaban J connectivity index is 1.82. The van der Waals surface area contributed by atoms with E-state index in [1.807, 2.05) is 43.6 Å². The summed E-state index contributed by atoms with van der Waals surface area (Å²) in [7, 11) is 1.96. The van der Waals surface area contributed by atoms with E-state index in [0.29, 0.717) is 0 Å². The highest BCUT2D eigenvalue weighted by molar-refractivity contribution is 7.98. The second-order valence-corrected chi connectivity index (χ2v) is 7.22. The van der Waals surface area contributed by atoms with Crippen LogP contribution in [0.5, 0.6) is 5.75 Å². The van der Waals surface area contributed by atoms with E-state index >= 15 is 0 Å². The van der Waals surface area contributed by atoms with Crippen molar-refractivity contribution in [3.8, 4) is 17.0 Å². The van der Waals surface area contributed by atoms with Crippen molar-refractivity contribution < 1.29 is 4.74 Å². The Bertz CT molecular complexity index is 793. The highest BCUT2D eigenvalue weighted by Crippen LogP contribution is 2.30. The van der Waals surface area contributed by atoms with Gasteiger partial charge in [-0.05, 0) is 49.5 Å². The average Bonchev–Trinajstić information content (AvgIpc) is 3.20. The van der Waals surface area contributed by atoms with Crippen molar-refractivity contribution in [2.24, 2.45) is 0 Å². The zero-order valence-electron chi connectivity index (χ0n) is 14.3. The van der Waals surface area contributed by atoms with E-state index in [4.69, 9.17) is 4.74 Å². The molecule has 25 heavy (non-hydrogen) atoms. The lowest BCUT2D eigenvalue weighted by molar-refractivity contribution is 0.199. The molecule has 3 aromatic rings. The molecule has 0 radical (unpaired) electrons. The fraction of sp³-hybridized carbons (Fsp3) is 0.263. The van der Waals surface area contributed by atoms with E-state index < -0.39 is 0 Å². The standard InChI is InChI=1S/C19H21N3OS2/c1-20-10-9-17(18-7-4-12-25-18)23-15-6-3-5-14(13-15)16-8-11-21-19(22-16)24-2/h3-8,11-13,17,20H,9-10H2,1-2H3. The third-order valence-electron chi connectivity index (χ3n) is 3.74. The summed E-state index contributed by atoms with van der Waals surface area (Å²) in [6, 6.07) is 14.2. The summed E-state index contributed by atoms with van der Waals surface area (Å²) in [4.78, 5) is 10.0. The summed E-state index contributed by atoms with van der Waals surface area (Å²) in [5, 5.41) is 6.06. The van der Waals surface area contributed by atoms with Crippen LogP contribution < -0.4 is 10.1 Å². The summed E-state index contributed by atoms with van der Waals surface area (Å²) in [6.45, 7) is 0.908. The van der Waals surface area contributed by atoms with Crippen LogP contribution in [0.2, 0.25) is 0 Å². The van der Waals surface area contributed by atoms with Crippen molar-refractivity contribution in [1.82, 2.24) is 15.3 Å². The van der Waals surface area contributed by atoms with Crippen LogP contribution in [0.3, 0.4) is 0 Å². The molecule has 0 spiro atoms. The Morgan fingerprint density at radius 2 is 2.16 bits per heavy atom. The van der Waals surface area contributed by atoms with E-state index in [-0.39, 0.29) is 6.10 Å². The maximum atomic E-state index is 6.30. The molecule has 6 heteroatoms. The molecule has 1 unspecified atom stereocenters. The number of thiophene rings is 1. The van der Waals surface area contributed by atoms with Gasteiger partial charge in [-0.15, -0.1) is 11.3 Å². The monoisotopic (exact) mass is 371 g/mol. The second kappa shape index (κ2) is 8.99. The van der Waals surface area contributed by atoms with Crippen LogP contribution in [0.4, 0.5) is 0 Å². The molecule has 0 aliphatic heterocycles.